The van der Waals surface area contributed by atoms with Crippen molar-refractivity contribution in [2.24, 2.45) is 5.92 Å². The lowest BCUT2D eigenvalue weighted by atomic mass is 10.2. The number of hydrogen-bond donors (Lipinski definition) is 2. The van der Waals surface area contributed by atoms with Gasteiger partial charge in [0.2, 0.25) is 5.91 Å². The summed E-state index contributed by atoms with van der Waals surface area (Å²) in [5, 5.41) is 5.87. The van der Waals surface area contributed by atoms with E-state index >= 15 is 0 Å². The third-order valence-electron chi connectivity index (χ3n) is 3.34. The SMILES string of the molecule is O=C(Nc1ccnc(NC(=O)C2CC2)c1)c1ccccc1Cl. The summed E-state index contributed by atoms with van der Waals surface area (Å²) in [5.74, 6) is 0.190. The number of nitrogens with zero attached hydrogens (tertiary/aromatic N) is 1. The second kappa shape index (κ2) is 6.15. The summed E-state index contributed by atoms with van der Waals surface area (Å²) < 4.78 is 0. The van der Waals surface area contributed by atoms with Gasteiger partial charge in [0.25, 0.3) is 5.91 Å². The molecule has 1 fully saturated rings. The Morgan fingerprint density at radius 2 is 1.91 bits per heavy atom. The molecule has 2 N–H and O–H groups in total. The van der Waals surface area contributed by atoms with Gasteiger partial charge in [-0.25, -0.2) is 4.98 Å². The van der Waals surface area contributed by atoms with E-state index in [9.17, 15) is 9.59 Å². The Bertz CT molecular complexity index is 729. The fourth-order valence-electron chi connectivity index (χ4n) is 1.99. The number of pyridine rings is 1. The lowest BCUT2D eigenvalue weighted by Gasteiger charge is -2.08. The second-order valence-corrected chi connectivity index (χ2v) is 5.53. The maximum atomic E-state index is 12.2. The van der Waals surface area contributed by atoms with E-state index in [1.165, 1.54) is 6.20 Å². The molecular weight excluding hydrogens is 302 g/mol. The van der Waals surface area contributed by atoms with E-state index in [-0.39, 0.29) is 17.7 Å². The first-order valence-corrected chi connectivity index (χ1v) is 7.34. The molecule has 0 radical (unpaired) electrons. The summed E-state index contributed by atoms with van der Waals surface area (Å²) in [6, 6.07) is 10.1. The Balaban J connectivity index is 1.71. The van der Waals surface area contributed by atoms with Crippen LogP contribution in [-0.2, 0) is 4.79 Å². The van der Waals surface area contributed by atoms with Crippen molar-refractivity contribution in [2.75, 3.05) is 10.6 Å². The first-order chi connectivity index (χ1) is 10.6. The Morgan fingerprint density at radius 3 is 2.64 bits per heavy atom. The molecule has 1 saturated carbocycles. The van der Waals surface area contributed by atoms with E-state index in [0.717, 1.165) is 12.8 Å². The fraction of sp³-hybridized carbons (Fsp3) is 0.188. The van der Waals surface area contributed by atoms with Crippen molar-refractivity contribution in [3.05, 3.63) is 53.2 Å². The minimum atomic E-state index is -0.309. The van der Waals surface area contributed by atoms with Gasteiger partial charge in [-0.15, -0.1) is 0 Å². The summed E-state index contributed by atoms with van der Waals surface area (Å²) in [6.07, 6.45) is 3.38. The zero-order valence-corrected chi connectivity index (χ0v) is 12.4. The molecule has 2 amide bonds. The van der Waals surface area contributed by atoms with Crippen LogP contribution in [0.2, 0.25) is 5.02 Å². The molecule has 1 aromatic heterocycles. The Morgan fingerprint density at radius 1 is 1.14 bits per heavy atom. The number of halogens is 1. The van der Waals surface area contributed by atoms with Gasteiger partial charge < -0.3 is 10.6 Å². The molecule has 1 heterocycles. The van der Waals surface area contributed by atoms with E-state index in [0.29, 0.717) is 22.1 Å². The monoisotopic (exact) mass is 315 g/mol. The van der Waals surface area contributed by atoms with Crippen LogP contribution >= 0.6 is 11.6 Å². The number of benzene rings is 1. The first-order valence-electron chi connectivity index (χ1n) is 6.96. The average molecular weight is 316 g/mol. The molecule has 3 rings (SSSR count). The van der Waals surface area contributed by atoms with Gasteiger partial charge in [-0.05, 0) is 31.0 Å². The van der Waals surface area contributed by atoms with Crippen LogP contribution in [-0.4, -0.2) is 16.8 Å². The molecule has 1 aromatic carbocycles. The van der Waals surface area contributed by atoms with E-state index in [1.54, 1.807) is 36.4 Å². The van der Waals surface area contributed by atoms with Crippen LogP contribution in [0.5, 0.6) is 0 Å². The standard InChI is InChI=1S/C16H14ClN3O2/c17-13-4-2-1-3-12(13)16(22)19-11-7-8-18-14(9-11)20-15(21)10-5-6-10/h1-4,7-10H,5-6H2,(H2,18,19,20,21,22). The molecule has 0 bridgehead atoms. The Kier molecular flexibility index (Phi) is 4.06. The van der Waals surface area contributed by atoms with Gasteiger partial charge in [-0.3, -0.25) is 9.59 Å². The quantitative estimate of drug-likeness (QED) is 0.909. The summed E-state index contributed by atoms with van der Waals surface area (Å²) in [4.78, 5) is 28.0. The number of anilines is 2. The van der Waals surface area contributed by atoms with Gasteiger partial charge in [0, 0.05) is 23.9 Å². The minimum absolute atomic E-state index is 0.0259. The summed E-state index contributed by atoms with van der Waals surface area (Å²) in [7, 11) is 0. The predicted octanol–water partition coefficient (Wildman–Crippen LogP) is 3.34. The van der Waals surface area contributed by atoms with E-state index < -0.39 is 0 Å². The minimum Gasteiger partial charge on any atom is -0.322 e. The highest BCUT2D eigenvalue weighted by molar-refractivity contribution is 6.34. The van der Waals surface area contributed by atoms with Crippen LogP contribution < -0.4 is 10.6 Å². The molecular formula is C16H14ClN3O2. The summed E-state index contributed by atoms with van der Waals surface area (Å²) >= 11 is 6.00. The zero-order valence-electron chi connectivity index (χ0n) is 11.7. The number of amides is 2. The molecule has 0 spiro atoms. The summed E-state index contributed by atoms with van der Waals surface area (Å²) in [5.41, 5.74) is 0.940. The Labute approximate surface area is 132 Å². The first kappa shape index (κ1) is 14.5. The van der Waals surface area contributed by atoms with Crippen LogP contribution in [0.15, 0.2) is 42.6 Å². The van der Waals surface area contributed by atoms with Crippen molar-refractivity contribution >= 4 is 34.9 Å². The van der Waals surface area contributed by atoms with Gasteiger partial charge in [0.05, 0.1) is 10.6 Å². The molecule has 1 aliphatic carbocycles. The van der Waals surface area contributed by atoms with Crippen molar-refractivity contribution in [3.63, 3.8) is 0 Å². The molecule has 0 aliphatic heterocycles. The molecule has 2 aromatic rings. The maximum absolute atomic E-state index is 12.2. The van der Waals surface area contributed by atoms with Gasteiger partial charge in [0.15, 0.2) is 0 Å². The second-order valence-electron chi connectivity index (χ2n) is 5.13. The lowest BCUT2D eigenvalue weighted by Crippen LogP contribution is -2.15. The van der Waals surface area contributed by atoms with Crippen molar-refractivity contribution in [3.8, 4) is 0 Å². The topological polar surface area (TPSA) is 71.1 Å². The molecule has 0 saturated heterocycles. The number of rotatable bonds is 4. The lowest BCUT2D eigenvalue weighted by molar-refractivity contribution is -0.117. The van der Waals surface area contributed by atoms with Crippen LogP contribution in [0.25, 0.3) is 0 Å². The van der Waals surface area contributed by atoms with Gasteiger partial charge in [-0.1, -0.05) is 23.7 Å². The molecule has 112 valence electrons. The molecule has 22 heavy (non-hydrogen) atoms. The number of hydrogen-bond acceptors (Lipinski definition) is 3. The van der Waals surface area contributed by atoms with Crippen molar-refractivity contribution in [1.29, 1.82) is 0 Å². The van der Waals surface area contributed by atoms with E-state index in [1.807, 2.05) is 0 Å². The molecule has 5 nitrogen and oxygen atoms in total. The highest BCUT2D eigenvalue weighted by Gasteiger charge is 2.29. The third kappa shape index (κ3) is 3.43. The third-order valence-corrected chi connectivity index (χ3v) is 3.67. The van der Waals surface area contributed by atoms with E-state index in [2.05, 4.69) is 15.6 Å². The average Bonchev–Trinajstić information content (AvgIpc) is 3.32. The van der Waals surface area contributed by atoms with Gasteiger partial charge >= 0.3 is 0 Å². The van der Waals surface area contributed by atoms with Crippen molar-refractivity contribution in [2.45, 2.75) is 12.8 Å². The van der Waals surface area contributed by atoms with Gasteiger partial charge in [-0.2, -0.15) is 0 Å². The Hall–Kier alpha value is -2.40. The molecule has 6 heteroatoms. The number of nitrogens with one attached hydrogen (secondary N) is 2. The molecule has 0 atom stereocenters. The van der Waals surface area contributed by atoms with Crippen LogP contribution in [0, 0.1) is 5.92 Å². The fourth-order valence-corrected chi connectivity index (χ4v) is 2.22. The van der Waals surface area contributed by atoms with Gasteiger partial charge in [0.1, 0.15) is 5.82 Å². The largest absolute Gasteiger partial charge is 0.322 e. The summed E-state index contributed by atoms with van der Waals surface area (Å²) in [6.45, 7) is 0. The highest BCUT2D eigenvalue weighted by atomic mass is 35.5. The van der Waals surface area contributed by atoms with Crippen LogP contribution in [0.4, 0.5) is 11.5 Å². The normalized spacial score (nSPS) is 13.5. The zero-order chi connectivity index (χ0) is 15.5. The van der Waals surface area contributed by atoms with Crippen molar-refractivity contribution < 1.29 is 9.59 Å². The molecule has 1 aliphatic rings. The van der Waals surface area contributed by atoms with E-state index in [4.69, 9.17) is 11.6 Å². The van der Waals surface area contributed by atoms with Crippen molar-refractivity contribution in [1.82, 2.24) is 4.98 Å². The van der Waals surface area contributed by atoms with Crippen LogP contribution in [0.1, 0.15) is 23.2 Å². The number of aromatic nitrogens is 1. The van der Waals surface area contributed by atoms with Crippen LogP contribution in [0.3, 0.4) is 0 Å². The number of carbonyl (C=O) groups is 2. The number of carbonyl (C=O) groups excluding carboxylic acids is 2. The smallest absolute Gasteiger partial charge is 0.257 e. The predicted molar refractivity (Wildman–Crippen MR) is 85.0 cm³/mol. The highest BCUT2D eigenvalue weighted by Crippen LogP contribution is 2.30. The maximum Gasteiger partial charge on any atom is 0.257 e. The molecule has 0 unspecified atom stereocenters.